The first-order valence-corrected chi connectivity index (χ1v) is 48.2. The Labute approximate surface area is 799 Å². The van der Waals surface area contributed by atoms with Crippen LogP contribution in [0, 0.1) is 77.8 Å². The van der Waals surface area contributed by atoms with Crippen LogP contribution >= 0.6 is 0 Å². The molecule has 6 aromatic rings. The largest absolute Gasteiger partial charge is 0.524 e. The molecule has 5 fully saturated rings. The molecule has 2 aromatic carbocycles. The summed E-state index contributed by atoms with van der Waals surface area (Å²) in [4.78, 5) is 33.4. The lowest BCUT2D eigenvalue weighted by Crippen LogP contribution is -2.85. The number of ketones is 2. The third-order valence-electron chi connectivity index (χ3n) is 15.3. The van der Waals surface area contributed by atoms with E-state index in [4.69, 9.17) is 41.0 Å². The number of carbonyl (C=O) groups is 2. The van der Waals surface area contributed by atoms with E-state index >= 15 is 0 Å². The van der Waals surface area contributed by atoms with Crippen LogP contribution in [0.2, 0.25) is 0 Å². The molecular formula is C110H202B2N8O10. The molecule has 12 rings (SSSR count). The van der Waals surface area contributed by atoms with Gasteiger partial charge >= 0.3 is 13.8 Å². The molecule has 20 heteroatoms. The molecule has 18 nitrogen and oxygen atoms in total. The van der Waals surface area contributed by atoms with Crippen LogP contribution in [-0.4, -0.2) is 109 Å². The van der Waals surface area contributed by atoms with Crippen molar-refractivity contribution < 1.29 is 53.9 Å². The molecule has 1 saturated heterocycles. The number of hydrogen-bond acceptors (Lipinski definition) is 17. The number of nitrogens with zero attached hydrogens (tertiary/aromatic N) is 4. The third kappa shape index (κ3) is 91.9. The number of aromatic nitrogens is 4. The van der Waals surface area contributed by atoms with E-state index in [2.05, 4.69) is 350 Å². The van der Waals surface area contributed by atoms with Gasteiger partial charge in [0.2, 0.25) is 5.82 Å². The number of hydrogen-bond donors (Lipinski definition) is 10. The van der Waals surface area contributed by atoms with E-state index in [1.165, 1.54) is 19.3 Å². The fraction of sp³-hybridized carbons (Fsp3) is 0.691. The first-order valence-electron chi connectivity index (χ1n) is 48.2. The second-order valence-corrected chi connectivity index (χ2v) is 50.9. The van der Waals surface area contributed by atoms with E-state index in [1.807, 2.05) is 60.7 Å². The summed E-state index contributed by atoms with van der Waals surface area (Å²) in [6, 6.07) is 41.7. The Bertz CT molecular complexity index is 3400. The van der Waals surface area contributed by atoms with E-state index in [0.717, 1.165) is 82.1 Å². The Morgan fingerprint density at radius 1 is 0.415 bits per heavy atom. The van der Waals surface area contributed by atoms with E-state index in [0.29, 0.717) is 102 Å². The molecule has 6 heterocycles. The molecule has 4 aliphatic carbocycles. The lowest BCUT2D eigenvalue weighted by atomic mass is 9.59. The van der Waals surface area contributed by atoms with Crippen LogP contribution in [0.5, 0.6) is 0 Å². The molecule has 2 aliphatic heterocycles. The highest BCUT2D eigenvalue weighted by Crippen LogP contribution is 2.45. The quantitative estimate of drug-likeness (QED) is 0.0525. The molecule has 0 amide bonds. The second-order valence-electron chi connectivity index (χ2n) is 50.9. The number of Topliss-reactive ketones (excluding diaryl/α,β-unsaturated/α-hetero) is 2. The maximum atomic E-state index is 10.9. The molecular weight excluding hydrogens is 1610 g/mol. The monoisotopic (exact) mass is 1820 g/mol. The summed E-state index contributed by atoms with van der Waals surface area (Å²) in [5.41, 5.74) is 15.8. The number of pyridine rings is 4. The molecule has 1 spiro atoms. The van der Waals surface area contributed by atoms with Gasteiger partial charge in [0.1, 0.15) is 34.7 Å². The van der Waals surface area contributed by atoms with Crippen molar-refractivity contribution >= 4 is 59.6 Å². The van der Waals surface area contributed by atoms with Crippen molar-refractivity contribution in [1.82, 2.24) is 15.0 Å². The van der Waals surface area contributed by atoms with Gasteiger partial charge in [-0.2, -0.15) is 0 Å². The highest BCUT2D eigenvalue weighted by Gasteiger charge is 2.60. The second kappa shape index (κ2) is 65.1. The summed E-state index contributed by atoms with van der Waals surface area (Å²) in [7, 11) is -1.34. The molecule has 2 bridgehead atoms. The van der Waals surface area contributed by atoms with Gasteiger partial charge in [-0.3, -0.25) is 14.9 Å². The van der Waals surface area contributed by atoms with Crippen LogP contribution in [0.1, 0.15) is 380 Å². The zero-order chi connectivity index (χ0) is 102. The van der Waals surface area contributed by atoms with Crippen LogP contribution in [0.15, 0.2) is 158 Å². The van der Waals surface area contributed by atoms with Crippen LogP contribution < -0.4 is 37.5 Å². The van der Waals surface area contributed by atoms with Crippen LogP contribution in [0.25, 0.3) is 0 Å². The maximum absolute atomic E-state index is 10.9. The van der Waals surface area contributed by atoms with E-state index in [-0.39, 0.29) is 54.9 Å². The molecule has 12 N–H and O–H groups in total. The van der Waals surface area contributed by atoms with Crippen LogP contribution in [0.4, 0.5) is 23.3 Å². The number of aliphatic hydroxyl groups is 4. The summed E-state index contributed by atoms with van der Waals surface area (Å²) >= 11 is 0. The van der Waals surface area contributed by atoms with Gasteiger partial charge in [0.05, 0.1) is 19.8 Å². The number of nitrogens with one attached hydrogen (secondary N) is 2. The Hall–Kier alpha value is -6.61. The van der Waals surface area contributed by atoms with Crippen molar-refractivity contribution in [3.63, 3.8) is 0 Å². The smallest absolute Gasteiger partial charge is 0.488 e. The first kappa shape index (κ1) is 132. The summed E-state index contributed by atoms with van der Waals surface area (Å²) in [6.07, 6.45) is 22.7. The normalized spacial score (nSPS) is 20.0. The Kier molecular flexibility index (Phi) is 66.1. The highest BCUT2D eigenvalue weighted by molar-refractivity contribution is 6.74. The number of fused-ring (bicyclic) bond motifs is 3. The van der Waals surface area contributed by atoms with E-state index in [1.54, 1.807) is 55.0 Å². The number of anilines is 4. The Balaban J connectivity index is -0.000000441. The molecule has 6 aliphatic rings. The van der Waals surface area contributed by atoms with Gasteiger partial charge in [0.15, 0.2) is 5.72 Å². The predicted octanol–water partition coefficient (Wildman–Crippen LogP) is 26.1. The molecule has 130 heavy (non-hydrogen) atoms. The molecule has 7 unspecified atom stereocenters. The average molecular weight is 1820 g/mol. The Morgan fingerprint density at radius 2 is 0.746 bits per heavy atom. The minimum absolute atomic E-state index is 0.0103. The third-order valence-corrected chi connectivity index (χ3v) is 15.3. The summed E-state index contributed by atoms with van der Waals surface area (Å²) in [5.74, 6) is 3.65. The van der Waals surface area contributed by atoms with Crippen molar-refractivity contribution in [3.05, 3.63) is 158 Å². The van der Waals surface area contributed by atoms with Crippen LogP contribution in [0.3, 0.4) is 0 Å². The minimum Gasteiger partial charge on any atom is -0.524 e. The van der Waals surface area contributed by atoms with Crippen LogP contribution in [-0.2, 0) is 18.9 Å². The predicted molar refractivity (Wildman–Crippen MR) is 564 cm³/mol. The van der Waals surface area contributed by atoms with E-state index in [9.17, 15) is 19.8 Å². The van der Waals surface area contributed by atoms with Gasteiger partial charge in [0.25, 0.3) is 0 Å². The number of carbonyl (C=O) groups excluding carboxylic acids is 2. The highest BCUT2D eigenvalue weighted by atomic mass is 16.7. The Morgan fingerprint density at radius 3 is 1.05 bits per heavy atom. The van der Waals surface area contributed by atoms with Gasteiger partial charge in [-0.25, -0.2) is 15.0 Å². The molecule has 7 atom stereocenters. The number of benzene rings is 2. The number of nitrogen functional groups attached to an aromatic ring is 2. The molecule has 748 valence electrons. The lowest BCUT2D eigenvalue weighted by Gasteiger charge is -2.59. The zero-order valence-electron chi connectivity index (χ0n) is 90.9. The maximum Gasteiger partial charge on any atom is 0.488 e. The van der Waals surface area contributed by atoms with Gasteiger partial charge < -0.3 is 61.0 Å². The van der Waals surface area contributed by atoms with Gasteiger partial charge in [-0.1, -0.05) is 388 Å². The fourth-order valence-corrected chi connectivity index (χ4v) is 10.7. The minimum atomic E-state index is -1.69. The molecule has 0 radical (unpaired) electrons. The topological polar surface area (TPSA) is 293 Å². The average Bonchev–Trinajstić information content (AvgIpc) is 0.706. The zero-order valence-corrected chi connectivity index (χ0v) is 90.9. The van der Waals surface area contributed by atoms with Gasteiger partial charge in [0, 0.05) is 80.4 Å². The molecule has 4 aromatic heterocycles. The van der Waals surface area contributed by atoms with Crippen molar-refractivity contribution in [2.75, 3.05) is 48.5 Å². The summed E-state index contributed by atoms with van der Waals surface area (Å²) in [5, 5.41) is 61.0. The summed E-state index contributed by atoms with van der Waals surface area (Å²) in [6.45, 7) is 86.7. The fourth-order valence-electron chi connectivity index (χ4n) is 10.7. The summed E-state index contributed by atoms with van der Waals surface area (Å²) < 4.78 is 15.4. The molecule has 4 saturated carbocycles. The number of aliphatic hydroxyl groups excluding tert-OH is 3. The van der Waals surface area contributed by atoms with Crippen molar-refractivity contribution in [2.45, 2.75) is 391 Å². The number of rotatable bonds is 7. The SMILES string of the molecule is CC(C)(C)C.CC(C)(C)C.CC(C)(C)C.CC(C)(C)C.CC(C)(C)C.CC(C)(C)C.CC(C)(C)C.CC(C)(C)C.CC(C)(C)C.CC(C)(C)C.Nc1ccccn1.Nc1ccccn1.O=C1CCCCC1CO.O=C1CCCCC1CO.OB(O)c1ccccc1.OCC1CCCCC1(O)Nc1ccccn1.c1ccc([B-]23OCC4CCCCC4(Nc4cccc[n+]42)O3)cc1. The number of nitrogens with two attached hydrogens (primary N) is 2. The van der Waals surface area contributed by atoms with Gasteiger partial charge in [-0.05, 0) is 160 Å². The standard InChI is InChI=1S/C18H21BN2O2.C12H18N2O2.2C7H12O2.C6H7BO2.2C5H6N2.10C5H12/c1-2-9-16(10-3-1)19-21-13-7-5-11-17(21)20-18(23-19)12-6-4-8-15(18)14-22-19;15-9-10-5-1-3-7-12(10,16)14-11-6-2-4-8-13-11;2*8-5-6-3-1-2-4-7(6)9;8-7(9)6-4-2-1-3-5-6;2*6-5-3-1-2-4-7-5;10*1-5(2,3)4/h1-3,5,7,9-11,13,15,20H,4,6,8,12,14H2;2,4,6,8,10,15-16H,1,3,5,7,9H2,(H,13,14);2*6,8H,1-5H2;1-5,8-9H;2*1-4H,(H2,6,7);10*1-4H3. The first-order chi connectivity index (χ1) is 58.8. The van der Waals surface area contributed by atoms with Gasteiger partial charge in [-0.15, -0.1) is 5.46 Å². The van der Waals surface area contributed by atoms with E-state index < -0.39 is 19.5 Å². The van der Waals surface area contributed by atoms with Crippen molar-refractivity contribution in [3.8, 4) is 0 Å². The lowest BCUT2D eigenvalue weighted by molar-refractivity contribution is -0.576. The van der Waals surface area contributed by atoms with Crippen molar-refractivity contribution in [2.24, 2.45) is 77.8 Å². The van der Waals surface area contributed by atoms with Crippen molar-refractivity contribution in [1.29, 1.82) is 0 Å².